The Kier molecular flexibility index (Phi) is 4.64. The Hall–Kier alpha value is -0.200. The monoisotopic (exact) mass is 198 g/mol. The predicted molar refractivity (Wildman–Crippen MR) is 31.6 cm³/mol. The molecule has 6 heavy (non-hydrogen) atoms. The van der Waals surface area contributed by atoms with Gasteiger partial charge in [0, 0.05) is 0 Å². The molecule has 0 radical (unpaired) electrons. The number of halogens is 1. The summed E-state index contributed by atoms with van der Waals surface area (Å²) in [6.07, 6.45) is 0. The summed E-state index contributed by atoms with van der Waals surface area (Å²) in [5.74, 6) is 4.56. The van der Waals surface area contributed by atoms with Gasteiger partial charge in [-0.3, -0.25) is 0 Å². The summed E-state index contributed by atoms with van der Waals surface area (Å²) in [6, 6.07) is 0. The molecule has 0 rings (SSSR count). The Bertz CT molecular complexity index is 55.9. The summed E-state index contributed by atoms with van der Waals surface area (Å²) in [6.45, 7) is 0. The second kappa shape index (κ2) is 4.80. The van der Waals surface area contributed by atoms with Crippen LogP contribution in [-0.4, -0.2) is 4.22 Å². The van der Waals surface area contributed by atoms with E-state index in [1.54, 1.807) is 0 Å². The average Bonchev–Trinajstić information content (AvgIpc) is 1.61. The number of hydrogen-bond donors (Lipinski definition) is 1. The summed E-state index contributed by atoms with van der Waals surface area (Å²) in [5, 5.41) is 9.19. The maximum Gasteiger partial charge on any atom is 0.0897 e. The van der Waals surface area contributed by atoms with Crippen molar-refractivity contribution in [2.45, 2.75) is 0 Å². The van der Waals surface area contributed by atoms with Crippen LogP contribution in [0, 0.1) is 0 Å². The molecule has 0 aromatic rings. The van der Waals surface area contributed by atoms with Crippen LogP contribution in [0.15, 0.2) is 15.5 Å². The van der Waals surface area contributed by atoms with Gasteiger partial charge in [-0.25, -0.2) is 0 Å². The largest absolute Gasteiger partial charge is 0.303 e. The Balaban J connectivity index is 3.07. The topological polar surface area (TPSA) is 63.1 Å². The third-order valence-corrected chi connectivity index (χ3v) is 0.396. The van der Waals surface area contributed by atoms with E-state index in [0.29, 0.717) is 0 Å². The molecule has 0 aromatic heterocycles. The second-order valence-electron chi connectivity index (χ2n) is 0.418. The van der Waals surface area contributed by atoms with Gasteiger partial charge in [0.2, 0.25) is 0 Å². The molecule has 0 aliphatic rings. The molecule has 0 spiro atoms. The average molecular weight is 198 g/mol. The van der Waals surface area contributed by atoms with Crippen molar-refractivity contribution in [2.75, 3.05) is 0 Å². The first kappa shape index (κ1) is 5.80. The van der Waals surface area contributed by atoms with E-state index in [-0.39, 0.29) is 0 Å². The lowest BCUT2D eigenvalue weighted by molar-refractivity contribution is 0.963. The van der Waals surface area contributed by atoms with Crippen molar-refractivity contribution in [3.05, 3.63) is 0 Å². The van der Waals surface area contributed by atoms with E-state index in [2.05, 4.69) is 21.4 Å². The first-order chi connectivity index (χ1) is 2.91. The smallest absolute Gasteiger partial charge is 0.0897 e. The van der Waals surface area contributed by atoms with Crippen molar-refractivity contribution in [1.29, 1.82) is 0 Å². The number of nitrogens with zero attached hydrogens (tertiary/aromatic N) is 3. The van der Waals surface area contributed by atoms with Gasteiger partial charge in [0.05, 0.1) is 4.22 Å². The fourth-order valence-corrected chi connectivity index (χ4v) is 0.161. The molecule has 0 unspecified atom stereocenters. The predicted octanol–water partition coefficient (Wildman–Crippen LogP) is 0.691. The minimum Gasteiger partial charge on any atom is -0.303 e. The molecule has 0 saturated carbocycles. The van der Waals surface area contributed by atoms with Crippen molar-refractivity contribution >= 4 is 26.8 Å². The lowest BCUT2D eigenvalue weighted by Gasteiger charge is -1.62. The minimum absolute atomic E-state index is 1.47. The maximum atomic E-state index is 4.56. The van der Waals surface area contributed by atoms with Gasteiger partial charge in [0.1, 0.15) is 0 Å². The molecule has 0 heterocycles. The molecule has 0 fully saturated rings. The highest BCUT2D eigenvalue weighted by Crippen LogP contribution is 1.72. The van der Waals surface area contributed by atoms with Gasteiger partial charge in [0.25, 0.3) is 0 Å². The number of nitrogens with two attached hydrogens (primary N) is 1. The highest BCUT2D eigenvalue weighted by molar-refractivity contribution is 14.1. The third kappa shape index (κ3) is 3.80. The van der Waals surface area contributed by atoms with E-state index in [1.807, 2.05) is 22.6 Å². The van der Waals surface area contributed by atoms with Crippen LogP contribution < -0.4 is 5.84 Å². The molecule has 0 amide bonds. The lowest BCUT2D eigenvalue weighted by Crippen LogP contribution is -1.70. The van der Waals surface area contributed by atoms with Gasteiger partial charge in [-0.15, -0.1) is 5.10 Å². The van der Waals surface area contributed by atoms with Gasteiger partial charge in [0.15, 0.2) is 0 Å². The van der Waals surface area contributed by atoms with Gasteiger partial charge < -0.3 is 5.84 Å². The van der Waals surface area contributed by atoms with E-state index in [1.165, 1.54) is 4.22 Å². The minimum atomic E-state index is 1.47. The molecule has 0 aromatic carbocycles. The van der Waals surface area contributed by atoms with Crippen LogP contribution in [0.3, 0.4) is 0 Å². The molecular weight excluding hydrogens is 195 g/mol. The third-order valence-electron chi connectivity index (χ3n) is 0.147. The first-order valence-corrected chi connectivity index (χ1v) is 2.38. The van der Waals surface area contributed by atoms with Crippen LogP contribution in [0.25, 0.3) is 0 Å². The SMILES string of the molecule is N/N=N\N=C/I. The molecule has 0 bridgehead atoms. The molecule has 4 nitrogen and oxygen atoms in total. The standard InChI is InChI=1S/CH3IN4/c2-1-4-6-5-3/h1H,(H2,3,6)/b4-1-. The zero-order valence-electron chi connectivity index (χ0n) is 2.87. The summed E-state index contributed by atoms with van der Waals surface area (Å²) in [5.41, 5.74) is 0. The van der Waals surface area contributed by atoms with E-state index in [4.69, 9.17) is 0 Å². The zero-order valence-corrected chi connectivity index (χ0v) is 5.03. The van der Waals surface area contributed by atoms with Crippen LogP contribution >= 0.6 is 22.6 Å². The molecule has 34 valence electrons. The van der Waals surface area contributed by atoms with Crippen molar-refractivity contribution in [3.8, 4) is 0 Å². The fourth-order valence-electron chi connectivity index (χ4n) is 0.0493. The van der Waals surface area contributed by atoms with E-state index >= 15 is 0 Å². The first-order valence-electron chi connectivity index (χ1n) is 1.13. The number of rotatable bonds is 1. The van der Waals surface area contributed by atoms with Gasteiger partial charge in [-0.1, -0.05) is 5.22 Å². The van der Waals surface area contributed by atoms with Crippen LogP contribution in [0.1, 0.15) is 0 Å². The van der Waals surface area contributed by atoms with E-state index in [9.17, 15) is 0 Å². The van der Waals surface area contributed by atoms with Crippen molar-refractivity contribution < 1.29 is 0 Å². The van der Waals surface area contributed by atoms with E-state index in [0.717, 1.165) is 0 Å². The molecule has 0 aliphatic heterocycles. The van der Waals surface area contributed by atoms with Crippen LogP contribution in [0.4, 0.5) is 0 Å². The highest BCUT2D eigenvalue weighted by Gasteiger charge is 1.50. The zero-order chi connectivity index (χ0) is 4.83. The van der Waals surface area contributed by atoms with Gasteiger partial charge in [-0.2, -0.15) is 0 Å². The van der Waals surface area contributed by atoms with Gasteiger partial charge >= 0.3 is 0 Å². The van der Waals surface area contributed by atoms with Crippen molar-refractivity contribution in [1.82, 2.24) is 0 Å². The Morgan fingerprint density at radius 1 is 1.67 bits per heavy atom. The second-order valence-corrected chi connectivity index (χ2v) is 0.975. The summed E-state index contributed by atoms with van der Waals surface area (Å²) >= 11 is 1.91. The quantitative estimate of drug-likeness (QED) is 0.217. The molecule has 0 atom stereocenters. The number of hydrogen-bond acceptors (Lipinski definition) is 2. The van der Waals surface area contributed by atoms with E-state index < -0.39 is 0 Å². The maximum absolute atomic E-state index is 4.56. The summed E-state index contributed by atoms with van der Waals surface area (Å²) < 4.78 is 1.47. The molecule has 5 heteroatoms. The summed E-state index contributed by atoms with van der Waals surface area (Å²) in [7, 11) is 0. The normalized spacial score (nSPS) is 11.5. The molecule has 0 aliphatic carbocycles. The Morgan fingerprint density at radius 2 is 2.33 bits per heavy atom. The molecule has 2 N–H and O–H groups in total. The Morgan fingerprint density at radius 3 is 2.50 bits per heavy atom. The lowest BCUT2D eigenvalue weighted by atomic mass is 11.7. The molecular formula is CH3IN4. The van der Waals surface area contributed by atoms with Crippen molar-refractivity contribution in [2.24, 2.45) is 21.4 Å². The van der Waals surface area contributed by atoms with Crippen LogP contribution in [-0.2, 0) is 0 Å². The highest BCUT2D eigenvalue weighted by atomic mass is 127. The Labute approximate surface area is 48.6 Å². The van der Waals surface area contributed by atoms with Gasteiger partial charge in [-0.05, 0) is 27.8 Å². The molecule has 0 saturated heterocycles. The van der Waals surface area contributed by atoms with Crippen molar-refractivity contribution in [3.63, 3.8) is 0 Å². The fraction of sp³-hybridized carbons (Fsp3) is 0. The van der Waals surface area contributed by atoms with Crippen LogP contribution in [0.2, 0.25) is 0 Å². The summed E-state index contributed by atoms with van der Waals surface area (Å²) in [4.78, 5) is 0. The van der Waals surface area contributed by atoms with Crippen LogP contribution in [0.5, 0.6) is 0 Å².